The molecule has 16 heavy (non-hydrogen) atoms. The van der Waals surface area contributed by atoms with Crippen LogP contribution >= 0.6 is 0 Å². The molecule has 1 aliphatic rings. The molecule has 5 nitrogen and oxygen atoms in total. The summed E-state index contributed by atoms with van der Waals surface area (Å²) in [7, 11) is 3.83. The summed E-state index contributed by atoms with van der Waals surface area (Å²) in [5, 5.41) is 17.4. The molecule has 0 aromatic heterocycles. The van der Waals surface area contributed by atoms with Crippen molar-refractivity contribution in [1.82, 2.24) is 4.90 Å². The number of carboxylic acid groups (broad SMARTS) is 2. The Hall–Kier alpha value is 0.900. The fourth-order valence-corrected chi connectivity index (χ4v) is 1.83. The Kier molecular flexibility index (Phi) is 9.72. The molecule has 0 aromatic carbocycles. The van der Waals surface area contributed by atoms with E-state index in [1.54, 1.807) is 0 Å². The van der Waals surface area contributed by atoms with E-state index in [0.717, 1.165) is 0 Å². The van der Waals surface area contributed by atoms with Crippen LogP contribution < -0.4 is 59.1 Å². The molecular weight excluding hydrogens is 232 g/mol. The van der Waals surface area contributed by atoms with Crippen molar-refractivity contribution in [3.05, 3.63) is 0 Å². The van der Waals surface area contributed by atoms with Gasteiger partial charge in [-0.05, 0) is 32.9 Å². The minimum atomic E-state index is -1.23. The Morgan fingerprint density at radius 3 is 1.81 bits per heavy atom. The molecule has 1 aliphatic carbocycles. The van der Waals surface area contributed by atoms with Gasteiger partial charge < -0.3 is 18.0 Å². The molecule has 0 aromatic rings. The maximum Gasteiger partial charge on any atom is 1.00 e. The van der Waals surface area contributed by atoms with Crippen LogP contribution in [0.3, 0.4) is 0 Å². The fraction of sp³-hybridized carbons (Fsp3) is 0.778. The van der Waals surface area contributed by atoms with Crippen LogP contribution in [0.25, 0.3) is 0 Å². The number of hydrogen-bond donors (Lipinski definition) is 2. The van der Waals surface area contributed by atoms with Crippen molar-refractivity contribution in [1.29, 1.82) is 0 Å². The number of aliphatic carboxylic acids is 2. The smallest absolute Gasteiger partial charge is 1.00 e. The molecule has 7 heteroatoms. The zero-order chi connectivity index (χ0) is 10.9. The van der Waals surface area contributed by atoms with Gasteiger partial charge in [0.1, 0.15) is 0 Å². The van der Waals surface area contributed by atoms with Crippen LogP contribution in [0, 0.1) is 11.8 Å². The maximum absolute atomic E-state index is 10.7. The summed E-state index contributed by atoms with van der Waals surface area (Å²) in [6, 6.07) is 0.334. The largest absolute Gasteiger partial charge is 1.00 e. The molecule has 0 heterocycles. The quantitative estimate of drug-likeness (QED) is 0.383. The molecule has 84 valence electrons. The number of carboxylic acids is 2. The second-order valence-corrected chi connectivity index (χ2v) is 4.00. The van der Waals surface area contributed by atoms with Gasteiger partial charge in [-0.15, -0.1) is 0 Å². The molecule has 0 bridgehead atoms. The van der Waals surface area contributed by atoms with Crippen LogP contribution in [0.2, 0.25) is 0 Å². The van der Waals surface area contributed by atoms with Crippen LogP contribution in [0.15, 0.2) is 0 Å². The topological polar surface area (TPSA) is 77.8 Å². The van der Waals surface area contributed by atoms with Crippen molar-refractivity contribution in [2.45, 2.75) is 18.9 Å². The average Bonchev–Trinajstić information content (AvgIpc) is 1.92. The van der Waals surface area contributed by atoms with Gasteiger partial charge in [-0.2, -0.15) is 0 Å². The Morgan fingerprint density at radius 2 is 1.56 bits per heavy atom. The van der Waals surface area contributed by atoms with E-state index in [1.165, 1.54) is 0 Å². The zero-order valence-electron chi connectivity index (χ0n) is 12.3. The number of carbonyl (C=O) groups is 2. The Balaban J connectivity index is -0.000000245. The molecule has 1 fully saturated rings. The number of nitrogens with zero attached hydrogens (tertiary/aromatic N) is 1. The van der Waals surface area contributed by atoms with Gasteiger partial charge >= 0.3 is 71.1 Å². The standard InChI is InChI=1S/C9H15NO4.2Na.2H/c1-10(2)6-3-5(4-6)7(8(11)12)9(13)14;;;;/h5-7H,3-4H2,1-2H3,(H,11,12)(H,13,14);;;;/q;2*+1;2*-1. The van der Waals surface area contributed by atoms with Crippen LogP contribution in [0.5, 0.6) is 0 Å². The van der Waals surface area contributed by atoms with Crippen molar-refractivity contribution in [3.8, 4) is 0 Å². The van der Waals surface area contributed by atoms with E-state index in [-0.39, 0.29) is 67.9 Å². The van der Waals surface area contributed by atoms with E-state index in [1.807, 2.05) is 19.0 Å². The van der Waals surface area contributed by atoms with Crippen LogP contribution in [0.4, 0.5) is 0 Å². The molecule has 0 atom stereocenters. The fourth-order valence-electron chi connectivity index (χ4n) is 1.83. The third kappa shape index (κ3) is 4.64. The minimum Gasteiger partial charge on any atom is -1.00 e. The number of hydrogen-bond acceptors (Lipinski definition) is 3. The second kappa shape index (κ2) is 8.08. The Labute approximate surface area is 142 Å². The van der Waals surface area contributed by atoms with Crippen molar-refractivity contribution in [3.63, 3.8) is 0 Å². The first-order chi connectivity index (χ1) is 6.43. The SMILES string of the molecule is CN(C)C1CC(C(C(=O)O)C(=O)O)C1.[H-].[H-].[Na+].[Na+]. The molecular formula is C9H17NNa2O4. The first kappa shape index (κ1) is 19.2. The molecule has 0 radical (unpaired) electrons. The molecule has 0 spiro atoms. The summed E-state index contributed by atoms with van der Waals surface area (Å²) < 4.78 is 0. The van der Waals surface area contributed by atoms with E-state index < -0.39 is 17.9 Å². The predicted molar refractivity (Wildman–Crippen MR) is 51.2 cm³/mol. The summed E-state index contributed by atoms with van der Waals surface area (Å²) in [6.07, 6.45) is 1.33. The maximum atomic E-state index is 10.7. The van der Waals surface area contributed by atoms with Crippen molar-refractivity contribution in [2.24, 2.45) is 11.8 Å². The van der Waals surface area contributed by atoms with E-state index in [2.05, 4.69) is 0 Å². The van der Waals surface area contributed by atoms with Gasteiger partial charge in [-0.1, -0.05) is 0 Å². The van der Waals surface area contributed by atoms with Crippen LogP contribution in [0.1, 0.15) is 15.7 Å². The molecule has 1 saturated carbocycles. The average molecular weight is 249 g/mol. The van der Waals surface area contributed by atoms with Crippen LogP contribution in [-0.4, -0.2) is 47.2 Å². The minimum absolute atomic E-state index is 0. The van der Waals surface area contributed by atoms with Crippen molar-refractivity contribution >= 4 is 11.9 Å². The third-order valence-electron chi connectivity index (χ3n) is 2.88. The molecule has 0 aliphatic heterocycles. The number of rotatable bonds is 4. The van der Waals surface area contributed by atoms with Crippen molar-refractivity contribution < 1.29 is 81.8 Å². The van der Waals surface area contributed by atoms with Gasteiger partial charge in [0.2, 0.25) is 0 Å². The molecule has 0 saturated heterocycles. The van der Waals surface area contributed by atoms with Gasteiger partial charge in [-0.3, -0.25) is 9.59 Å². The second-order valence-electron chi connectivity index (χ2n) is 4.00. The summed E-state index contributed by atoms with van der Waals surface area (Å²) in [6.45, 7) is 0. The summed E-state index contributed by atoms with van der Waals surface area (Å²) in [5.41, 5.74) is 0. The molecule has 2 N–H and O–H groups in total. The van der Waals surface area contributed by atoms with Gasteiger partial charge in [0.05, 0.1) is 0 Å². The van der Waals surface area contributed by atoms with E-state index in [4.69, 9.17) is 10.2 Å². The Bertz CT molecular complexity index is 249. The van der Waals surface area contributed by atoms with Gasteiger partial charge in [0.15, 0.2) is 5.92 Å². The van der Waals surface area contributed by atoms with E-state index in [9.17, 15) is 9.59 Å². The van der Waals surface area contributed by atoms with E-state index >= 15 is 0 Å². The van der Waals surface area contributed by atoms with Gasteiger partial charge in [0.25, 0.3) is 0 Å². The van der Waals surface area contributed by atoms with Gasteiger partial charge in [0, 0.05) is 6.04 Å². The Morgan fingerprint density at radius 1 is 1.19 bits per heavy atom. The van der Waals surface area contributed by atoms with Gasteiger partial charge in [-0.25, -0.2) is 0 Å². The predicted octanol–water partition coefficient (Wildman–Crippen LogP) is -5.65. The third-order valence-corrected chi connectivity index (χ3v) is 2.88. The molecule has 0 unspecified atom stereocenters. The first-order valence-electron chi connectivity index (χ1n) is 4.55. The summed E-state index contributed by atoms with van der Waals surface area (Å²) in [5.74, 6) is -3.89. The first-order valence-corrected chi connectivity index (χ1v) is 4.55. The zero-order valence-corrected chi connectivity index (χ0v) is 14.3. The van der Waals surface area contributed by atoms with E-state index in [0.29, 0.717) is 18.9 Å². The van der Waals surface area contributed by atoms with Crippen LogP contribution in [-0.2, 0) is 9.59 Å². The van der Waals surface area contributed by atoms with Crippen molar-refractivity contribution in [2.75, 3.05) is 14.1 Å². The molecule has 0 amide bonds. The summed E-state index contributed by atoms with van der Waals surface area (Å²) in [4.78, 5) is 23.3. The summed E-state index contributed by atoms with van der Waals surface area (Å²) >= 11 is 0. The normalized spacial score (nSPS) is 23.0. The molecule has 1 rings (SSSR count). The monoisotopic (exact) mass is 249 g/mol.